The minimum atomic E-state index is 0.368. The van der Waals surface area contributed by atoms with Gasteiger partial charge in [0.2, 0.25) is 0 Å². The van der Waals surface area contributed by atoms with E-state index in [9.17, 15) is 0 Å². The number of likely N-dealkylation sites (N-methyl/N-ethyl adjacent to an activating group) is 1. The van der Waals surface area contributed by atoms with Crippen molar-refractivity contribution in [1.29, 1.82) is 0 Å². The summed E-state index contributed by atoms with van der Waals surface area (Å²) in [6.07, 6.45) is 6.73. The molecule has 2 aliphatic heterocycles. The zero-order valence-electron chi connectivity index (χ0n) is 14.6. The first-order valence-corrected chi connectivity index (χ1v) is 10.0. The summed E-state index contributed by atoms with van der Waals surface area (Å²) >= 11 is 12.3. The molecule has 1 aromatic carbocycles. The molecule has 0 aromatic heterocycles. The van der Waals surface area contributed by atoms with Gasteiger partial charge >= 0.3 is 0 Å². The largest absolute Gasteiger partial charge is 0.318 e. The van der Waals surface area contributed by atoms with Crippen molar-refractivity contribution >= 4 is 23.2 Å². The fourth-order valence-corrected chi connectivity index (χ4v) is 4.52. The Bertz CT molecular complexity index is 523. The summed E-state index contributed by atoms with van der Waals surface area (Å²) in [4.78, 5) is 5.34. The smallest absolute Gasteiger partial charge is 0.0595 e. The first kappa shape index (κ1) is 18.5. The molecule has 134 valence electrons. The molecular formula is C19H29Cl2N3. The fraction of sp³-hybridized carbons (Fsp3) is 0.684. The topological polar surface area (TPSA) is 18.5 Å². The Morgan fingerprint density at radius 3 is 2.38 bits per heavy atom. The summed E-state index contributed by atoms with van der Waals surface area (Å²) < 4.78 is 0. The summed E-state index contributed by atoms with van der Waals surface area (Å²) in [5, 5.41) is 4.63. The molecule has 1 atom stereocenters. The molecule has 1 N–H and O–H groups in total. The molecule has 2 aliphatic rings. The summed E-state index contributed by atoms with van der Waals surface area (Å²) in [6, 6.07) is 7.22. The third-order valence-electron chi connectivity index (χ3n) is 5.57. The van der Waals surface area contributed by atoms with Crippen LogP contribution >= 0.6 is 23.2 Å². The number of benzene rings is 1. The number of likely N-dealkylation sites (tertiary alicyclic amines) is 2. The second kappa shape index (κ2) is 8.86. The van der Waals surface area contributed by atoms with Crippen LogP contribution in [0.5, 0.6) is 0 Å². The molecular weight excluding hydrogens is 341 g/mol. The average molecular weight is 370 g/mol. The molecule has 0 saturated carbocycles. The lowest BCUT2D eigenvalue weighted by atomic mass is 9.96. The van der Waals surface area contributed by atoms with Crippen molar-refractivity contribution in [1.82, 2.24) is 15.1 Å². The van der Waals surface area contributed by atoms with Crippen LogP contribution in [0.1, 0.15) is 43.7 Å². The Hall–Kier alpha value is -0.320. The highest BCUT2D eigenvalue weighted by molar-refractivity contribution is 6.42. The third-order valence-corrected chi connectivity index (χ3v) is 6.31. The Morgan fingerprint density at radius 2 is 1.75 bits per heavy atom. The normalized spacial score (nSPS) is 22.6. The number of rotatable bonds is 5. The lowest BCUT2D eigenvalue weighted by molar-refractivity contribution is 0.0720. The van der Waals surface area contributed by atoms with Gasteiger partial charge in [0.05, 0.1) is 10.0 Å². The summed E-state index contributed by atoms with van der Waals surface area (Å²) in [6.45, 7) is 5.86. The van der Waals surface area contributed by atoms with Gasteiger partial charge in [0, 0.05) is 31.7 Å². The van der Waals surface area contributed by atoms with Crippen LogP contribution in [0, 0.1) is 0 Å². The lowest BCUT2D eigenvalue weighted by Gasteiger charge is -2.42. The molecule has 0 spiro atoms. The lowest BCUT2D eigenvalue weighted by Crippen LogP contribution is -2.48. The van der Waals surface area contributed by atoms with Crippen LogP contribution in [0.15, 0.2) is 18.2 Å². The van der Waals surface area contributed by atoms with E-state index < -0.39 is 0 Å². The predicted octanol–water partition coefficient (Wildman–Crippen LogP) is 4.20. The predicted molar refractivity (Wildman–Crippen MR) is 103 cm³/mol. The zero-order valence-corrected chi connectivity index (χ0v) is 16.1. The van der Waals surface area contributed by atoms with Crippen molar-refractivity contribution in [2.24, 2.45) is 0 Å². The minimum absolute atomic E-state index is 0.368. The van der Waals surface area contributed by atoms with Gasteiger partial charge in [-0.05, 0) is 63.5 Å². The van der Waals surface area contributed by atoms with E-state index in [1.807, 2.05) is 19.2 Å². The van der Waals surface area contributed by atoms with Crippen LogP contribution in [0.25, 0.3) is 0 Å². The highest BCUT2D eigenvalue weighted by Gasteiger charge is 2.29. The van der Waals surface area contributed by atoms with E-state index in [0.717, 1.165) is 25.7 Å². The SMILES string of the molecule is CNCC(c1ccc(Cl)c(Cl)c1)N1CCC(N2CCCCC2)CC1. The first-order chi connectivity index (χ1) is 11.7. The van der Waals surface area contributed by atoms with E-state index >= 15 is 0 Å². The Labute approximate surface area is 156 Å². The van der Waals surface area contributed by atoms with Crippen molar-refractivity contribution in [2.45, 2.75) is 44.2 Å². The molecule has 1 aromatic rings. The van der Waals surface area contributed by atoms with Crippen LogP contribution in [0.3, 0.4) is 0 Å². The number of nitrogens with zero attached hydrogens (tertiary/aromatic N) is 2. The number of halogens is 2. The van der Waals surface area contributed by atoms with Gasteiger partial charge in [0.25, 0.3) is 0 Å². The molecule has 0 aliphatic carbocycles. The molecule has 2 fully saturated rings. The van der Waals surface area contributed by atoms with Crippen molar-refractivity contribution in [3.05, 3.63) is 33.8 Å². The molecule has 0 amide bonds. The van der Waals surface area contributed by atoms with E-state index in [-0.39, 0.29) is 0 Å². The van der Waals surface area contributed by atoms with Gasteiger partial charge in [0.15, 0.2) is 0 Å². The second-order valence-corrected chi connectivity index (χ2v) is 7.93. The van der Waals surface area contributed by atoms with E-state index in [2.05, 4.69) is 21.2 Å². The number of nitrogens with one attached hydrogen (secondary N) is 1. The zero-order chi connectivity index (χ0) is 16.9. The number of piperidine rings is 2. The fourth-order valence-electron chi connectivity index (χ4n) is 4.22. The van der Waals surface area contributed by atoms with Crippen molar-refractivity contribution in [2.75, 3.05) is 39.8 Å². The van der Waals surface area contributed by atoms with Gasteiger partial charge < -0.3 is 10.2 Å². The van der Waals surface area contributed by atoms with Crippen molar-refractivity contribution in [3.63, 3.8) is 0 Å². The summed E-state index contributed by atoms with van der Waals surface area (Å²) in [5.41, 5.74) is 1.26. The Balaban J connectivity index is 1.63. The van der Waals surface area contributed by atoms with Crippen LogP contribution < -0.4 is 5.32 Å². The van der Waals surface area contributed by atoms with E-state index in [0.29, 0.717) is 16.1 Å². The quantitative estimate of drug-likeness (QED) is 0.838. The Kier molecular flexibility index (Phi) is 6.82. The van der Waals surface area contributed by atoms with E-state index in [4.69, 9.17) is 23.2 Å². The maximum Gasteiger partial charge on any atom is 0.0595 e. The molecule has 3 rings (SSSR count). The monoisotopic (exact) mass is 369 g/mol. The highest BCUT2D eigenvalue weighted by atomic mass is 35.5. The number of hydrogen-bond donors (Lipinski definition) is 1. The maximum atomic E-state index is 6.24. The molecule has 0 bridgehead atoms. The van der Waals surface area contributed by atoms with Gasteiger partial charge in [-0.2, -0.15) is 0 Å². The Morgan fingerprint density at radius 1 is 1.04 bits per heavy atom. The maximum absolute atomic E-state index is 6.24. The highest BCUT2D eigenvalue weighted by Crippen LogP contribution is 2.31. The van der Waals surface area contributed by atoms with Crippen LogP contribution in [0.4, 0.5) is 0 Å². The van der Waals surface area contributed by atoms with Crippen molar-refractivity contribution in [3.8, 4) is 0 Å². The van der Waals surface area contributed by atoms with Gasteiger partial charge in [-0.25, -0.2) is 0 Å². The van der Waals surface area contributed by atoms with Crippen LogP contribution in [-0.4, -0.2) is 55.6 Å². The van der Waals surface area contributed by atoms with Crippen LogP contribution in [0.2, 0.25) is 10.0 Å². The van der Waals surface area contributed by atoms with E-state index in [1.54, 1.807) is 0 Å². The molecule has 5 heteroatoms. The summed E-state index contributed by atoms with van der Waals surface area (Å²) in [7, 11) is 2.02. The van der Waals surface area contributed by atoms with Gasteiger partial charge in [-0.15, -0.1) is 0 Å². The average Bonchev–Trinajstić information content (AvgIpc) is 2.63. The molecule has 2 saturated heterocycles. The molecule has 3 nitrogen and oxygen atoms in total. The first-order valence-electron chi connectivity index (χ1n) is 9.26. The number of hydrogen-bond acceptors (Lipinski definition) is 3. The minimum Gasteiger partial charge on any atom is -0.318 e. The molecule has 0 radical (unpaired) electrons. The second-order valence-electron chi connectivity index (χ2n) is 7.11. The standard InChI is InChI=1S/C19H29Cl2N3/c1-22-14-19(15-5-6-17(20)18(21)13-15)24-11-7-16(8-12-24)23-9-3-2-4-10-23/h5-6,13,16,19,22H,2-4,7-12,14H2,1H3. The van der Waals surface area contributed by atoms with E-state index in [1.165, 1.54) is 50.8 Å². The van der Waals surface area contributed by atoms with Gasteiger partial charge in [0.1, 0.15) is 0 Å². The molecule has 1 unspecified atom stereocenters. The van der Waals surface area contributed by atoms with Gasteiger partial charge in [-0.3, -0.25) is 4.90 Å². The molecule has 24 heavy (non-hydrogen) atoms. The van der Waals surface area contributed by atoms with Gasteiger partial charge in [-0.1, -0.05) is 35.7 Å². The summed E-state index contributed by atoms with van der Waals surface area (Å²) in [5.74, 6) is 0. The molecule has 2 heterocycles. The third kappa shape index (κ3) is 4.44. The van der Waals surface area contributed by atoms with Crippen LogP contribution in [-0.2, 0) is 0 Å². The van der Waals surface area contributed by atoms with Crippen molar-refractivity contribution < 1.29 is 0 Å².